The molecule has 0 unspecified atom stereocenters. The summed E-state index contributed by atoms with van der Waals surface area (Å²) in [6.07, 6.45) is 3.07. The third-order valence-electron chi connectivity index (χ3n) is 5.45. The van der Waals surface area contributed by atoms with Crippen LogP contribution in [0.25, 0.3) is 0 Å². The smallest absolute Gasteiger partial charge is 0.322 e. The van der Waals surface area contributed by atoms with Crippen molar-refractivity contribution in [2.45, 2.75) is 45.0 Å². The minimum absolute atomic E-state index is 0.0304. The van der Waals surface area contributed by atoms with Gasteiger partial charge in [0.1, 0.15) is 5.82 Å². The zero-order chi connectivity index (χ0) is 19.8. The Morgan fingerprint density at radius 2 is 2.11 bits per heavy atom. The number of hydrogen-bond donors (Lipinski definition) is 2. The Balaban J connectivity index is 1.51. The van der Waals surface area contributed by atoms with E-state index >= 15 is 0 Å². The van der Waals surface area contributed by atoms with Gasteiger partial charge in [0.25, 0.3) is 0 Å². The van der Waals surface area contributed by atoms with Crippen LogP contribution >= 0.6 is 11.6 Å². The van der Waals surface area contributed by atoms with E-state index in [9.17, 15) is 14.3 Å². The van der Waals surface area contributed by atoms with Gasteiger partial charge in [-0.3, -0.25) is 4.68 Å². The lowest BCUT2D eigenvalue weighted by Gasteiger charge is -2.36. The largest absolute Gasteiger partial charge is 0.393 e. The van der Waals surface area contributed by atoms with Gasteiger partial charge in [0, 0.05) is 18.8 Å². The number of fused-ring (bicyclic) bond motifs is 1. The van der Waals surface area contributed by atoms with E-state index in [-0.39, 0.29) is 23.2 Å². The molecule has 4 rings (SSSR count). The highest BCUT2D eigenvalue weighted by Gasteiger charge is 2.31. The van der Waals surface area contributed by atoms with E-state index < -0.39 is 5.82 Å². The summed E-state index contributed by atoms with van der Waals surface area (Å²) in [5.74, 6) is -0.522. The number of halogens is 2. The summed E-state index contributed by atoms with van der Waals surface area (Å²) in [4.78, 5) is 16.8. The number of aliphatic hydroxyl groups excluding tert-OH is 1. The Morgan fingerprint density at radius 1 is 1.36 bits per heavy atom. The van der Waals surface area contributed by atoms with Crippen molar-refractivity contribution >= 4 is 29.0 Å². The lowest BCUT2D eigenvalue weighted by molar-refractivity contribution is 0.145. The fourth-order valence-corrected chi connectivity index (χ4v) is 3.98. The van der Waals surface area contributed by atoms with Crippen LogP contribution in [-0.4, -0.2) is 51.1 Å². The molecule has 7 nitrogen and oxygen atoms in total. The molecule has 1 aromatic heterocycles. The van der Waals surface area contributed by atoms with Gasteiger partial charge < -0.3 is 20.2 Å². The van der Waals surface area contributed by atoms with Crippen molar-refractivity contribution in [1.82, 2.24) is 14.7 Å². The highest BCUT2D eigenvalue weighted by Crippen LogP contribution is 2.29. The Morgan fingerprint density at radius 3 is 2.82 bits per heavy atom. The quantitative estimate of drug-likeness (QED) is 0.802. The molecule has 2 aliphatic heterocycles. The molecule has 3 heterocycles. The number of rotatable bonds is 2. The van der Waals surface area contributed by atoms with Gasteiger partial charge in [0.2, 0.25) is 0 Å². The second kappa shape index (κ2) is 7.60. The maximum atomic E-state index is 13.3. The minimum atomic E-state index is -0.522. The standard InChI is InChI=1S/C19H23ClFN5O2/c1-12-10-26-18(17(9-22-26)24-6-4-14(27)5-7-24)11-25(12)19(28)23-13-2-3-16(21)15(20)8-13/h2-3,8-9,12,14,27H,4-7,10-11H2,1H3,(H,23,28)/t12-/m0/s1. The highest BCUT2D eigenvalue weighted by atomic mass is 35.5. The number of carbonyl (C=O) groups excluding carboxylic acids is 1. The van der Waals surface area contributed by atoms with E-state index in [1.807, 2.05) is 17.8 Å². The summed E-state index contributed by atoms with van der Waals surface area (Å²) in [6, 6.07) is 3.82. The Bertz CT molecular complexity index is 881. The van der Waals surface area contributed by atoms with Crippen LogP contribution < -0.4 is 10.2 Å². The third kappa shape index (κ3) is 3.66. The first-order chi connectivity index (χ1) is 13.4. The van der Waals surface area contributed by atoms with Crippen molar-refractivity contribution in [2.75, 3.05) is 23.3 Å². The topological polar surface area (TPSA) is 73.6 Å². The molecular weight excluding hydrogens is 385 g/mol. The molecule has 2 aliphatic rings. The molecule has 28 heavy (non-hydrogen) atoms. The molecule has 1 saturated heterocycles. The number of benzene rings is 1. The van der Waals surface area contributed by atoms with Gasteiger partial charge >= 0.3 is 6.03 Å². The third-order valence-corrected chi connectivity index (χ3v) is 5.74. The van der Waals surface area contributed by atoms with Gasteiger partial charge in [-0.05, 0) is 38.0 Å². The highest BCUT2D eigenvalue weighted by molar-refractivity contribution is 6.31. The summed E-state index contributed by atoms with van der Waals surface area (Å²) in [7, 11) is 0. The van der Waals surface area contributed by atoms with E-state index in [0.717, 1.165) is 37.3 Å². The predicted molar refractivity (Wildman–Crippen MR) is 105 cm³/mol. The number of aliphatic hydroxyl groups is 1. The van der Waals surface area contributed by atoms with Crippen molar-refractivity contribution in [2.24, 2.45) is 0 Å². The van der Waals surface area contributed by atoms with E-state index in [1.54, 1.807) is 4.90 Å². The predicted octanol–water partition coefficient (Wildman–Crippen LogP) is 3.07. The maximum absolute atomic E-state index is 13.3. The van der Waals surface area contributed by atoms with Crippen LogP contribution in [0, 0.1) is 5.82 Å². The lowest BCUT2D eigenvalue weighted by Crippen LogP contribution is -2.47. The Hall–Kier alpha value is -2.32. The van der Waals surface area contributed by atoms with Crippen LogP contribution in [0.4, 0.5) is 20.6 Å². The minimum Gasteiger partial charge on any atom is -0.393 e. The van der Waals surface area contributed by atoms with E-state index in [2.05, 4.69) is 15.3 Å². The summed E-state index contributed by atoms with van der Waals surface area (Å²) in [5, 5.41) is 17.0. The molecule has 1 fully saturated rings. The fraction of sp³-hybridized carbons (Fsp3) is 0.474. The molecule has 1 aromatic carbocycles. The lowest BCUT2D eigenvalue weighted by atomic mass is 10.1. The summed E-state index contributed by atoms with van der Waals surface area (Å²) in [5.41, 5.74) is 2.45. The molecule has 0 spiro atoms. The van der Waals surface area contributed by atoms with E-state index in [4.69, 9.17) is 11.6 Å². The second-order valence-electron chi connectivity index (χ2n) is 7.41. The number of anilines is 2. The molecule has 0 saturated carbocycles. The van der Waals surface area contributed by atoms with Crippen LogP contribution in [-0.2, 0) is 13.1 Å². The molecule has 2 aromatic rings. The van der Waals surface area contributed by atoms with E-state index in [1.165, 1.54) is 18.2 Å². The number of nitrogens with one attached hydrogen (secondary N) is 1. The molecule has 0 aliphatic carbocycles. The average Bonchev–Trinajstić information content (AvgIpc) is 3.07. The Labute approximate surface area is 167 Å². The number of amides is 2. The molecule has 1 atom stereocenters. The van der Waals surface area contributed by atoms with E-state index in [0.29, 0.717) is 18.8 Å². The van der Waals surface area contributed by atoms with Crippen molar-refractivity contribution < 1.29 is 14.3 Å². The molecule has 0 radical (unpaired) electrons. The van der Waals surface area contributed by atoms with Crippen molar-refractivity contribution in [3.8, 4) is 0 Å². The molecule has 0 bridgehead atoms. The maximum Gasteiger partial charge on any atom is 0.322 e. The van der Waals surface area contributed by atoms with Gasteiger partial charge in [-0.15, -0.1) is 0 Å². The van der Waals surface area contributed by atoms with Gasteiger partial charge in [0.15, 0.2) is 0 Å². The normalized spacial score (nSPS) is 20.2. The molecule has 2 amide bonds. The molecule has 2 N–H and O–H groups in total. The first kappa shape index (κ1) is 19.0. The van der Waals surface area contributed by atoms with Gasteiger partial charge in [0.05, 0.1) is 47.8 Å². The summed E-state index contributed by atoms with van der Waals surface area (Å²) in [6.45, 7) is 4.55. The number of carbonyl (C=O) groups is 1. The Kier molecular flexibility index (Phi) is 5.16. The van der Waals surface area contributed by atoms with Gasteiger partial charge in [-0.25, -0.2) is 9.18 Å². The molecule has 150 valence electrons. The number of piperidine rings is 1. The van der Waals surface area contributed by atoms with Crippen LogP contribution in [0.3, 0.4) is 0 Å². The SMILES string of the molecule is C[C@H]1Cn2ncc(N3CCC(O)CC3)c2CN1C(=O)Nc1ccc(F)c(Cl)c1. The van der Waals surface area contributed by atoms with Crippen molar-refractivity contribution in [1.29, 1.82) is 0 Å². The molecule has 9 heteroatoms. The van der Waals surface area contributed by atoms with Crippen LogP contribution in [0.5, 0.6) is 0 Å². The van der Waals surface area contributed by atoms with Gasteiger partial charge in [-0.2, -0.15) is 5.10 Å². The summed E-state index contributed by atoms with van der Waals surface area (Å²) >= 11 is 5.81. The van der Waals surface area contributed by atoms with Crippen LogP contribution in [0.2, 0.25) is 5.02 Å². The monoisotopic (exact) mass is 407 g/mol. The number of aromatic nitrogens is 2. The number of urea groups is 1. The average molecular weight is 408 g/mol. The van der Waals surface area contributed by atoms with Crippen LogP contribution in [0.15, 0.2) is 24.4 Å². The van der Waals surface area contributed by atoms with Crippen molar-refractivity contribution in [3.05, 3.63) is 40.9 Å². The first-order valence-corrected chi connectivity index (χ1v) is 9.80. The number of nitrogens with zero attached hydrogens (tertiary/aromatic N) is 4. The fourth-order valence-electron chi connectivity index (χ4n) is 3.80. The van der Waals surface area contributed by atoms with Crippen LogP contribution in [0.1, 0.15) is 25.5 Å². The van der Waals surface area contributed by atoms with Crippen molar-refractivity contribution in [3.63, 3.8) is 0 Å². The second-order valence-corrected chi connectivity index (χ2v) is 7.82. The number of hydrogen-bond acceptors (Lipinski definition) is 4. The van der Waals surface area contributed by atoms with Gasteiger partial charge in [-0.1, -0.05) is 11.6 Å². The summed E-state index contributed by atoms with van der Waals surface area (Å²) < 4.78 is 15.3. The first-order valence-electron chi connectivity index (χ1n) is 9.42. The zero-order valence-electron chi connectivity index (χ0n) is 15.6. The molecular formula is C19H23ClFN5O2. The zero-order valence-corrected chi connectivity index (χ0v) is 16.4.